The summed E-state index contributed by atoms with van der Waals surface area (Å²) >= 11 is 1.70. The van der Waals surface area contributed by atoms with Crippen LogP contribution in [0.3, 0.4) is 0 Å². The number of nitrogens with zero attached hydrogens (tertiary/aromatic N) is 1. The van der Waals surface area contributed by atoms with E-state index < -0.39 is 59.9 Å². The summed E-state index contributed by atoms with van der Waals surface area (Å²) in [6, 6.07) is 2.01. The van der Waals surface area contributed by atoms with Crippen LogP contribution in [0.4, 0.5) is 8.78 Å². The summed E-state index contributed by atoms with van der Waals surface area (Å²) < 4.78 is 32.6. The molecule has 0 aliphatic rings. The molecule has 26 heavy (non-hydrogen) atoms. The molecule has 0 aliphatic heterocycles. The Labute approximate surface area is 161 Å². The van der Waals surface area contributed by atoms with Crippen LogP contribution in [0.25, 0.3) is 5.76 Å². The number of hydrogen-bond donors (Lipinski definition) is 4. The Bertz CT molecular complexity index is 711. The number of benzene rings is 1. The van der Waals surface area contributed by atoms with E-state index in [0.29, 0.717) is 0 Å². The number of aliphatic hydroxyl groups is 4. The molecule has 0 heterocycles. The van der Waals surface area contributed by atoms with Gasteiger partial charge in [-0.25, -0.2) is 13.6 Å². The number of ether oxygens (including phenoxy) is 1. The molecule has 4 N–H and O–H groups in total. The third-order valence-electron chi connectivity index (χ3n) is 3.35. The highest BCUT2D eigenvalue weighted by Crippen LogP contribution is 2.24. The van der Waals surface area contributed by atoms with Crippen molar-refractivity contribution >= 4 is 40.5 Å². The van der Waals surface area contributed by atoms with Gasteiger partial charge in [0.2, 0.25) is 0 Å². The zero-order valence-electron chi connectivity index (χ0n) is 13.7. The second-order valence-electron chi connectivity index (χ2n) is 5.19. The maximum Gasteiger partial charge on any atom is 0.343 e. The van der Waals surface area contributed by atoms with Crippen LogP contribution in [-0.2, 0) is 9.53 Å². The highest BCUT2D eigenvalue weighted by Gasteiger charge is 2.28. The Kier molecular flexibility index (Phi) is 8.53. The monoisotopic (exact) mass is 485 g/mol. The smallest absolute Gasteiger partial charge is 0.343 e. The largest absolute Gasteiger partial charge is 0.506 e. The average molecular weight is 485 g/mol. The first kappa shape index (κ1) is 22.4. The molecule has 0 unspecified atom stereocenters. The van der Waals surface area contributed by atoms with Crippen LogP contribution in [0, 0.1) is 15.2 Å². The van der Waals surface area contributed by atoms with E-state index in [2.05, 4.69) is 4.99 Å². The van der Waals surface area contributed by atoms with Crippen LogP contribution >= 0.6 is 22.6 Å². The van der Waals surface area contributed by atoms with Crippen LogP contribution in [0.2, 0.25) is 0 Å². The lowest BCUT2D eigenvalue weighted by molar-refractivity contribution is -0.137. The Balaban J connectivity index is 3.55. The van der Waals surface area contributed by atoms with Crippen LogP contribution in [0.15, 0.2) is 22.7 Å². The van der Waals surface area contributed by atoms with Gasteiger partial charge in [-0.2, -0.15) is 0 Å². The Morgan fingerprint density at radius 1 is 1.27 bits per heavy atom. The van der Waals surface area contributed by atoms with Gasteiger partial charge < -0.3 is 25.2 Å². The summed E-state index contributed by atoms with van der Waals surface area (Å²) in [7, 11) is 0. The average Bonchev–Trinajstić information content (AvgIpc) is 2.62. The van der Waals surface area contributed by atoms with Crippen molar-refractivity contribution in [3.63, 3.8) is 0 Å². The second-order valence-corrected chi connectivity index (χ2v) is 6.43. The van der Waals surface area contributed by atoms with Crippen molar-refractivity contribution in [1.29, 1.82) is 0 Å². The first-order valence-electron chi connectivity index (χ1n) is 7.38. The molecule has 0 aromatic heterocycles. The molecule has 0 fully saturated rings. The van der Waals surface area contributed by atoms with E-state index >= 15 is 0 Å². The summed E-state index contributed by atoms with van der Waals surface area (Å²) in [5.41, 5.74) is -2.95. The maximum atomic E-state index is 14.0. The molecule has 0 radical (unpaired) electrons. The number of aliphatic imine (C=N–C) groups is 1. The van der Waals surface area contributed by atoms with Gasteiger partial charge in [0.05, 0.1) is 32.0 Å². The van der Waals surface area contributed by atoms with E-state index in [1.54, 1.807) is 22.6 Å². The lowest BCUT2D eigenvalue weighted by atomic mass is 10.0. The molecule has 0 saturated carbocycles. The molecule has 1 rings (SSSR count). The first-order chi connectivity index (χ1) is 12.2. The van der Waals surface area contributed by atoms with Gasteiger partial charge in [0.25, 0.3) is 0 Å². The van der Waals surface area contributed by atoms with Gasteiger partial charge in [0, 0.05) is 9.78 Å². The van der Waals surface area contributed by atoms with Crippen molar-refractivity contribution in [2.45, 2.75) is 12.5 Å². The predicted octanol–water partition coefficient (Wildman–Crippen LogP) is 1.19. The lowest BCUT2D eigenvalue weighted by Crippen LogP contribution is -2.40. The molecular weight excluding hydrogens is 467 g/mol. The van der Waals surface area contributed by atoms with Gasteiger partial charge in [0.1, 0.15) is 16.9 Å². The third-order valence-corrected chi connectivity index (χ3v) is 3.97. The number of aliphatic hydroxyl groups excluding tert-OH is 4. The Morgan fingerprint density at radius 2 is 1.85 bits per heavy atom. The zero-order valence-corrected chi connectivity index (χ0v) is 15.9. The number of carbonyl (C=O) groups is 1. The summed E-state index contributed by atoms with van der Waals surface area (Å²) in [6.45, 7) is -0.870. The molecule has 0 atom stereocenters. The van der Waals surface area contributed by atoms with Gasteiger partial charge in [-0.05, 0) is 41.6 Å². The SMILES string of the molecule is CCOC(=O)/C(C=NC(CO)(CO)CO)=C(/O)c1cc(I)cc(F)c1F. The summed E-state index contributed by atoms with van der Waals surface area (Å²) in [4.78, 5) is 15.8. The number of rotatable bonds is 8. The van der Waals surface area contributed by atoms with Crippen molar-refractivity contribution < 1.29 is 38.7 Å². The number of carbonyl (C=O) groups excluding carboxylic acids is 1. The van der Waals surface area contributed by atoms with Crippen molar-refractivity contribution in [3.05, 3.63) is 38.5 Å². The number of halogens is 3. The van der Waals surface area contributed by atoms with Crippen LogP contribution < -0.4 is 0 Å². The molecular formula is C16H18F2INO6. The van der Waals surface area contributed by atoms with E-state index in [-0.39, 0.29) is 10.2 Å². The minimum Gasteiger partial charge on any atom is -0.506 e. The number of hydrogen-bond acceptors (Lipinski definition) is 7. The highest BCUT2D eigenvalue weighted by atomic mass is 127. The van der Waals surface area contributed by atoms with Gasteiger partial charge in [-0.1, -0.05) is 0 Å². The predicted molar refractivity (Wildman–Crippen MR) is 97.7 cm³/mol. The standard InChI is InChI=1S/C16H18F2INO6/c1-2-26-15(25)11(5-20-16(6-21,7-22)8-23)14(24)10-3-9(19)4-12(17)13(10)18/h3-5,21-24H,2,6-8H2,1H3/b14-11+,20-5?. The fraction of sp³-hybridized carbons (Fsp3) is 0.375. The molecule has 0 aliphatic carbocycles. The third kappa shape index (κ3) is 5.19. The molecule has 10 heteroatoms. The van der Waals surface area contributed by atoms with E-state index in [1.165, 1.54) is 6.92 Å². The van der Waals surface area contributed by atoms with Crippen molar-refractivity contribution in [2.75, 3.05) is 26.4 Å². The molecule has 0 saturated heterocycles. The van der Waals surface area contributed by atoms with Crippen molar-refractivity contribution in [3.8, 4) is 0 Å². The second kappa shape index (κ2) is 9.90. The van der Waals surface area contributed by atoms with Gasteiger partial charge in [-0.3, -0.25) is 4.99 Å². The Morgan fingerprint density at radius 3 is 2.35 bits per heavy atom. The molecule has 0 bridgehead atoms. The normalized spacial score (nSPS) is 13.0. The number of esters is 1. The van der Waals surface area contributed by atoms with E-state index in [1.807, 2.05) is 0 Å². The van der Waals surface area contributed by atoms with Crippen LogP contribution in [-0.4, -0.2) is 64.6 Å². The molecule has 1 aromatic carbocycles. The summed E-state index contributed by atoms with van der Waals surface area (Å²) in [5.74, 6) is -4.63. The van der Waals surface area contributed by atoms with Gasteiger partial charge in [0.15, 0.2) is 11.6 Å². The fourth-order valence-corrected chi connectivity index (χ4v) is 2.35. The topological polar surface area (TPSA) is 120 Å². The van der Waals surface area contributed by atoms with Crippen molar-refractivity contribution in [1.82, 2.24) is 0 Å². The zero-order chi connectivity index (χ0) is 19.9. The minimum absolute atomic E-state index is 0.0717. The van der Waals surface area contributed by atoms with E-state index in [9.17, 15) is 34.0 Å². The lowest BCUT2D eigenvalue weighted by Gasteiger charge is -2.22. The van der Waals surface area contributed by atoms with Crippen LogP contribution in [0.1, 0.15) is 12.5 Å². The maximum absolute atomic E-state index is 14.0. The Hall–Kier alpha value is -1.63. The van der Waals surface area contributed by atoms with E-state index in [0.717, 1.165) is 18.3 Å². The van der Waals surface area contributed by atoms with Gasteiger partial charge >= 0.3 is 5.97 Å². The molecule has 1 aromatic rings. The first-order valence-corrected chi connectivity index (χ1v) is 8.46. The molecule has 7 nitrogen and oxygen atoms in total. The highest BCUT2D eigenvalue weighted by molar-refractivity contribution is 14.1. The minimum atomic E-state index is -1.73. The molecule has 0 spiro atoms. The van der Waals surface area contributed by atoms with E-state index in [4.69, 9.17) is 4.74 Å². The quantitative estimate of drug-likeness (QED) is 0.110. The molecule has 144 valence electrons. The summed E-state index contributed by atoms with van der Waals surface area (Å²) in [5, 5.41) is 38.1. The van der Waals surface area contributed by atoms with Crippen LogP contribution in [0.5, 0.6) is 0 Å². The molecule has 0 amide bonds. The van der Waals surface area contributed by atoms with Crippen molar-refractivity contribution in [2.24, 2.45) is 4.99 Å². The summed E-state index contributed by atoms with van der Waals surface area (Å²) in [6.07, 6.45) is 0.729. The fourth-order valence-electron chi connectivity index (χ4n) is 1.77. The van der Waals surface area contributed by atoms with Gasteiger partial charge in [-0.15, -0.1) is 0 Å².